The summed E-state index contributed by atoms with van der Waals surface area (Å²) in [6.45, 7) is 3.89. The van der Waals surface area contributed by atoms with E-state index >= 15 is 0 Å². The Hall–Kier alpha value is -1.62. The largest absolute Gasteiger partial charge is 0.356 e. The second-order valence-corrected chi connectivity index (χ2v) is 6.00. The second kappa shape index (κ2) is 8.13. The van der Waals surface area contributed by atoms with Crippen molar-refractivity contribution in [3.8, 4) is 0 Å². The molecule has 0 spiro atoms. The first-order chi connectivity index (χ1) is 10.6. The highest BCUT2D eigenvalue weighted by Crippen LogP contribution is 2.26. The fourth-order valence-electron chi connectivity index (χ4n) is 2.43. The molecular weight excluding hydrogens is 279 g/mol. The fraction of sp³-hybridized carbons (Fsp3) is 0.588. The van der Waals surface area contributed by atoms with Crippen molar-refractivity contribution in [2.24, 2.45) is 4.99 Å². The highest BCUT2D eigenvalue weighted by Gasteiger charge is 2.28. The van der Waals surface area contributed by atoms with E-state index in [1.807, 2.05) is 12.1 Å². The lowest BCUT2D eigenvalue weighted by molar-refractivity contribution is 0.247. The average molecular weight is 306 g/mol. The van der Waals surface area contributed by atoms with E-state index in [2.05, 4.69) is 34.5 Å². The van der Waals surface area contributed by atoms with Crippen LogP contribution in [0.15, 0.2) is 29.3 Å². The second-order valence-electron chi connectivity index (χ2n) is 6.00. The molecule has 1 unspecified atom stereocenters. The van der Waals surface area contributed by atoms with E-state index in [1.165, 1.54) is 25.0 Å². The Balaban J connectivity index is 1.67. The Labute approximate surface area is 132 Å². The van der Waals surface area contributed by atoms with Crippen molar-refractivity contribution in [1.29, 1.82) is 0 Å². The lowest BCUT2D eigenvalue weighted by Crippen LogP contribution is -2.45. The molecule has 1 saturated carbocycles. The van der Waals surface area contributed by atoms with Crippen molar-refractivity contribution < 1.29 is 4.39 Å². The third-order valence-electron chi connectivity index (χ3n) is 4.23. The molecular formula is C17H27FN4. The van der Waals surface area contributed by atoms with E-state index in [4.69, 9.17) is 0 Å². The maximum absolute atomic E-state index is 12.8. The van der Waals surface area contributed by atoms with Crippen molar-refractivity contribution in [3.05, 3.63) is 35.6 Å². The molecule has 2 N–H and O–H groups in total. The molecule has 0 aromatic heterocycles. The lowest BCUT2D eigenvalue weighted by Gasteiger charge is -2.25. The Morgan fingerprint density at radius 3 is 2.59 bits per heavy atom. The van der Waals surface area contributed by atoms with Gasteiger partial charge in [0, 0.05) is 32.2 Å². The number of nitrogens with zero attached hydrogens (tertiary/aromatic N) is 2. The molecule has 4 nitrogen and oxygen atoms in total. The molecule has 1 atom stereocenters. The summed E-state index contributed by atoms with van der Waals surface area (Å²) in [5, 5.41) is 6.66. The number of guanidine groups is 1. The van der Waals surface area contributed by atoms with E-state index in [0.29, 0.717) is 6.04 Å². The van der Waals surface area contributed by atoms with Crippen LogP contribution in [0.3, 0.4) is 0 Å². The van der Waals surface area contributed by atoms with Gasteiger partial charge in [0.15, 0.2) is 5.96 Å². The Bertz CT molecular complexity index is 482. The summed E-state index contributed by atoms with van der Waals surface area (Å²) < 4.78 is 12.8. The minimum absolute atomic E-state index is 0.192. The monoisotopic (exact) mass is 306 g/mol. The number of rotatable bonds is 7. The predicted molar refractivity (Wildman–Crippen MR) is 89.7 cm³/mol. The molecule has 0 bridgehead atoms. The van der Waals surface area contributed by atoms with Crippen LogP contribution in [0.1, 0.15) is 25.3 Å². The molecule has 0 heterocycles. The summed E-state index contributed by atoms with van der Waals surface area (Å²) in [6, 6.07) is 7.89. The smallest absolute Gasteiger partial charge is 0.191 e. The van der Waals surface area contributed by atoms with Gasteiger partial charge in [-0.1, -0.05) is 12.1 Å². The summed E-state index contributed by atoms with van der Waals surface area (Å²) in [4.78, 5) is 6.67. The summed E-state index contributed by atoms with van der Waals surface area (Å²) in [6.07, 6.45) is 3.50. The highest BCUT2D eigenvalue weighted by molar-refractivity contribution is 5.79. The maximum atomic E-state index is 12.8. The van der Waals surface area contributed by atoms with Gasteiger partial charge in [-0.2, -0.15) is 0 Å². The number of halogens is 1. The minimum atomic E-state index is -0.192. The van der Waals surface area contributed by atoms with Gasteiger partial charge in [-0.15, -0.1) is 0 Å². The first-order valence-electron chi connectivity index (χ1n) is 8.01. The first kappa shape index (κ1) is 16.7. The third-order valence-corrected chi connectivity index (χ3v) is 4.23. The van der Waals surface area contributed by atoms with Gasteiger partial charge in [0.05, 0.1) is 0 Å². The predicted octanol–water partition coefficient (Wildman–Crippen LogP) is 2.02. The summed E-state index contributed by atoms with van der Waals surface area (Å²) in [5.74, 6) is 0.626. The number of likely N-dealkylation sites (N-methyl/N-ethyl adjacent to an activating group) is 1. The highest BCUT2D eigenvalue weighted by atomic mass is 19.1. The first-order valence-corrected chi connectivity index (χ1v) is 8.01. The molecule has 0 aliphatic heterocycles. The van der Waals surface area contributed by atoms with Gasteiger partial charge in [-0.3, -0.25) is 9.89 Å². The Morgan fingerprint density at radius 1 is 1.32 bits per heavy atom. The van der Waals surface area contributed by atoms with Crippen LogP contribution in [-0.4, -0.2) is 50.1 Å². The van der Waals surface area contributed by atoms with Crippen LogP contribution in [0.2, 0.25) is 0 Å². The van der Waals surface area contributed by atoms with Crippen molar-refractivity contribution in [3.63, 3.8) is 0 Å². The minimum Gasteiger partial charge on any atom is -0.356 e. The van der Waals surface area contributed by atoms with Gasteiger partial charge in [-0.05, 0) is 50.9 Å². The van der Waals surface area contributed by atoms with E-state index in [-0.39, 0.29) is 5.82 Å². The summed E-state index contributed by atoms with van der Waals surface area (Å²) >= 11 is 0. The molecule has 1 fully saturated rings. The Kier molecular flexibility index (Phi) is 6.19. The topological polar surface area (TPSA) is 39.7 Å². The van der Waals surface area contributed by atoms with Crippen LogP contribution in [0.25, 0.3) is 0 Å². The van der Waals surface area contributed by atoms with Crippen molar-refractivity contribution in [1.82, 2.24) is 15.5 Å². The standard InChI is InChI=1S/C17H27FN4/c1-13(22(3)16-8-9-16)12-21-17(19-2)20-11-10-14-4-6-15(18)7-5-14/h4-7,13,16H,8-12H2,1-3H3,(H2,19,20,21). The van der Waals surface area contributed by atoms with Crippen molar-refractivity contribution in [2.45, 2.75) is 38.3 Å². The normalized spacial score (nSPS) is 16.7. The Morgan fingerprint density at radius 2 is 2.00 bits per heavy atom. The van der Waals surface area contributed by atoms with Gasteiger partial charge in [0.2, 0.25) is 0 Å². The van der Waals surface area contributed by atoms with Crippen molar-refractivity contribution in [2.75, 3.05) is 27.2 Å². The number of hydrogen-bond donors (Lipinski definition) is 2. The van der Waals surface area contributed by atoms with E-state index in [0.717, 1.165) is 37.1 Å². The SMILES string of the molecule is CN=C(NCCc1ccc(F)cc1)NCC(C)N(C)C1CC1. The molecule has 0 amide bonds. The molecule has 0 radical (unpaired) electrons. The fourth-order valence-corrected chi connectivity index (χ4v) is 2.43. The number of aliphatic imine (C=N–C) groups is 1. The lowest BCUT2D eigenvalue weighted by atomic mass is 10.1. The molecule has 122 valence electrons. The van der Waals surface area contributed by atoms with Crippen LogP contribution in [-0.2, 0) is 6.42 Å². The summed E-state index contributed by atoms with van der Waals surface area (Å²) in [7, 11) is 3.97. The van der Waals surface area contributed by atoms with Crippen LogP contribution < -0.4 is 10.6 Å². The summed E-state index contributed by atoms with van der Waals surface area (Å²) in [5.41, 5.74) is 1.12. The third kappa shape index (κ3) is 5.30. The molecule has 0 saturated heterocycles. The van der Waals surface area contributed by atoms with Crippen LogP contribution in [0.4, 0.5) is 4.39 Å². The molecule has 5 heteroatoms. The zero-order valence-corrected chi connectivity index (χ0v) is 13.8. The average Bonchev–Trinajstić information content (AvgIpc) is 3.36. The zero-order chi connectivity index (χ0) is 15.9. The maximum Gasteiger partial charge on any atom is 0.191 e. The van der Waals surface area contributed by atoms with Crippen LogP contribution in [0.5, 0.6) is 0 Å². The number of hydrogen-bond acceptors (Lipinski definition) is 2. The van der Waals surface area contributed by atoms with Gasteiger partial charge in [-0.25, -0.2) is 4.39 Å². The van der Waals surface area contributed by atoms with Gasteiger partial charge in [0.25, 0.3) is 0 Å². The van der Waals surface area contributed by atoms with Crippen LogP contribution in [0, 0.1) is 5.82 Å². The van der Waals surface area contributed by atoms with Gasteiger partial charge in [0.1, 0.15) is 5.82 Å². The van der Waals surface area contributed by atoms with Crippen LogP contribution >= 0.6 is 0 Å². The molecule has 1 aromatic rings. The number of benzene rings is 1. The van der Waals surface area contributed by atoms with Gasteiger partial charge < -0.3 is 10.6 Å². The quantitative estimate of drug-likeness (QED) is 0.598. The molecule has 1 aliphatic carbocycles. The molecule has 1 aliphatic rings. The van der Waals surface area contributed by atoms with E-state index in [9.17, 15) is 4.39 Å². The number of nitrogens with one attached hydrogen (secondary N) is 2. The van der Waals surface area contributed by atoms with E-state index in [1.54, 1.807) is 7.05 Å². The van der Waals surface area contributed by atoms with Crippen molar-refractivity contribution >= 4 is 5.96 Å². The van der Waals surface area contributed by atoms with Gasteiger partial charge >= 0.3 is 0 Å². The molecule has 2 rings (SSSR count). The zero-order valence-electron chi connectivity index (χ0n) is 13.8. The van der Waals surface area contributed by atoms with E-state index < -0.39 is 0 Å². The molecule has 22 heavy (non-hydrogen) atoms. The molecule has 1 aromatic carbocycles.